The zero-order chi connectivity index (χ0) is 15.6. The second-order valence-corrected chi connectivity index (χ2v) is 7.47. The van der Waals surface area contributed by atoms with Crippen LogP contribution in [0.3, 0.4) is 0 Å². The third kappa shape index (κ3) is 3.77. The molecule has 0 saturated heterocycles. The van der Waals surface area contributed by atoms with Gasteiger partial charge in [-0.15, -0.1) is 0 Å². The third-order valence-corrected chi connectivity index (χ3v) is 5.88. The Morgan fingerprint density at radius 1 is 1.24 bits per heavy atom. The number of sulfonamides is 1. The summed E-state index contributed by atoms with van der Waals surface area (Å²) >= 11 is 9.08. The Morgan fingerprint density at radius 3 is 2.48 bits per heavy atom. The van der Waals surface area contributed by atoms with Gasteiger partial charge in [0.05, 0.1) is 9.37 Å². The fraction of sp³-hybridized carbons (Fsp3) is 0.143. The van der Waals surface area contributed by atoms with Gasteiger partial charge < -0.3 is 5.73 Å². The van der Waals surface area contributed by atoms with E-state index in [1.54, 1.807) is 6.92 Å². The molecule has 0 aliphatic heterocycles. The van der Waals surface area contributed by atoms with E-state index in [-0.39, 0.29) is 21.6 Å². The summed E-state index contributed by atoms with van der Waals surface area (Å²) in [7, 11) is -3.74. The Hall–Kier alpha value is -1.08. The van der Waals surface area contributed by atoms with E-state index in [4.69, 9.17) is 17.3 Å². The van der Waals surface area contributed by atoms with E-state index in [2.05, 4.69) is 20.7 Å². The molecule has 21 heavy (non-hydrogen) atoms. The van der Waals surface area contributed by atoms with E-state index in [1.807, 2.05) is 30.3 Å². The maximum absolute atomic E-state index is 12.5. The van der Waals surface area contributed by atoms with Crippen LogP contribution in [0.4, 0.5) is 5.69 Å². The van der Waals surface area contributed by atoms with Crippen molar-refractivity contribution in [2.24, 2.45) is 0 Å². The fourth-order valence-electron chi connectivity index (χ4n) is 1.89. The molecule has 4 nitrogen and oxygen atoms in total. The van der Waals surface area contributed by atoms with Gasteiger partial charge in [-0.1, -0.05) is 41.9 Å². The largest absolute Gasteiger partial charge is 0.398 e. The summed E-state index contributed by atoms with van der Waals surface area (Å²) in [4.78, 5) is 0.0234. The van der Waals surface area contributed by atoms with Gasteiger partial charge in [0, 0.05) is 16.8 Å². The van der Waals surface area contributed by atoms with Crippen LogP contribution in [-0.2, 0) is 10.0 Å². The molecule has 0 amide bonds. The highest BCUT2D eigenvalue weighted by atomic mass is 79.9. The number of hydrogen-bond donors (Lipinski definition) is 2. The van der Waals surface area contributed by atoms with E-state index >= 15 is 0 Å². The smallest absolute Gasteiger partial charge is 0.242 e. The van der Waals surface area contributed by atoms with E-state index in [1.165, 1.54) is 12.1 Å². The lowest BCUT2D eigenvalue weighted by Gasteiger charge is -2.16. The highest BCUT2D eigenvalue weighted by Gasteiger charge is 2.22. The van der Waals surface area contributed by atoms with Gasteiger partial charge in [-0.05, 0) is 40.5 Å². The normalized spacial score (nSPS) is 13.1. The molecule has 1 atom stereocenters. The van der Waals surface area contributed by atoms with Crippen LogP contribution < -0.4 is 10.5 Å². The van der Waals surface area contributed by atoms with Gasteiger partial charge in [0.2, 0.25) is 10.0 Å². The number of rotatable bonds is 4. The molecular formula is C14H14BrClN2O2S. The summed E-state index contributed by atoms with van der Waals surface area (Å²) < 4.78 is 27.9. The highest BCUT2D eigenvalue weighted by Crippen LogP contribution is 2.32. The van der Waals surface area contributed by atoms with Gasteiger partial charge in [-0.25, -0.2) is 13.1 Å². The summed E-state index contributed by atoms with van der Waals surface area (Å²) in [6.45, 7) is 1.77. The predicted octanol–water partition coefficient (Wildman–Crippen LogP) is 3.72. The topological polar surface area (TPSA) is 72.2 Å². The molecule has 112 valence electrons. The molecule has 0 unspecified atom stereocenters. The molecule has 0 aromatic heterocycles. The van der Waals surface area contributed by atoms with Crippen LogP contribution in [-0.4, -0.2) is 8.42 Å². The zero-order valence-corrected chi connectivity index (χ0v) is 14.3. The second-order valence-electron chi connectivity index (χ2n) is 4.56. The summed E-state index contributed by atoms with van der Waals surface area (Å²) in [6, 6.07) is 11.8. The molecule has 0 aliphatic carbocycles. The van der Waals surface area contributed by atoms with Crippen molar-refractivity contribution >= 4 is 43.2 Å². The minimum Gasteiger partial charge on any atom is -0.398 e. The summed E-state index contributed by atoms with van der Waals surface area (Å²) in [6.07, 6.45) is 0. The van der Waals surface area contributed by atoms with Crippen LogP contribution in [0.2, 0.25) is 5.02 Å². The number of nitrogens with one attached hydrogen (secondary N) is 1. The van der Waals surface area contributed by atoms with Crippen molar-refractivity contribution in [3.05, 3.63) is 57.5 Å². The maximum Gasteiger partial charge on any atom is 0.242 e. The Labute approximate surface area is 137 Å². The molecule has 2 aromatic carbocycles. The molecule has 0 fully saturated rings. The number of benzene rings is 2. The van der Waals surface area contributed by atoms with E-state index in [0.717, 1.165) is 5.56 Å². The maximum atomic E-state index is 12.5. The summed E-state index contributed by atoms with van der Waals surface area (Å²) in [5.41, 5.74) is 6.88. The first-order valence-electron chi connectivity index (χ1n) is 6.13. The minimum absolute atomic E-state index is 0.0234. The molecule has 0 heterocycles. The van der Waals surface area contributed by atoms with Crippen molar-refractivity contribution in [3.8, 4) is 0 Å². The fourth-order valence-corrected chi connectivity index (χ4v) is 4.41. The molecule has 2 aromatic rings. The van der Waals surface area contributed by atoms with Gasteiger partial charge in [-0.3, -0.25) is 0 Å². The van der Waals surface area contributed by atoms with Crippen molar-refractivity contribution in [1.29, 1.82) is 0 Å². The van der Waals surface area contributed by atoms with Crippen LogP contribution in [0, 0.1) is 0 Å². The number of halogens is 2. The first-order chi connectivity index (χ1) is 9.81. The third-order valence-electron chi connectivity index (χ3n) is 2.95. The molecule has 0 saturated carbocycles. The number of hydrogen-bond acceptors (Lipinski definition) is 3. The number of nitrogen functional groups attached to an aromatic ring is 1. The van der Waals surface area contributed by atoms with Crippen molar-refractivity contribution in [2.45, 2.75) is 17.9 Å². The first kappa shape index (κ1) is 16.3. The van der Waals surface area contributed by atoms with Gasteiger partial charge in [0.15, 0.2) is 0 Å². The predicted molar refractivity (Wildman–Crippen MR) is 88.7 cm³/mol. The van der Waals surface area contributed by atoms with Crippen LogP contribution in [0.25, 0.3) is 0 Å². The first-order valence-corrected chi connectivity index (χ1v) is 8.78. The SMILES string of the molecule is C[C@@H](NS(=O)(=O)c1cc(Cl)cc(N)c1Br)c1ccccc1. The van der Waals surface area contributed by atoms with Crippen LogP contribution in [0.5, 0.6) is 0 Å². The van der Waals surface area contributed by atoms with Gasteiger partial charge >= 0.3 is 0 Å². The van der Waals surface area contributed by atoms with Crippen molar-refractivity contribution in [1.82, 2.24) is 4.72 Å². The van der Waals surface area contributed by atoms with Crippen molar-refractivity contribution in [3.63, 3.8) is 0 Å². The van der Waals surface area contributed by atoms with Gasteiger partial charge in [0.1, 0.15) is 0 Å². The average Bonchev–Trinajstić information content (AvgIpc) is 2.43. The minimum atomic E-state index is -3.74. The summed E-state index contributed by atoms with van der Waals surface area (Å²) in [5.74, 6) is 0. The molecule has 2 rings (SSSR count). The molecule has 0 bridgehead atoms. The van der Waals surface area contributed by atoms with E-state index < -0.39 is 10.0 Å². The molecular weight excluding hydrogens is 376 g/mol. The molecule has 7 heteroatoms. The zero-order valence-electron chi connectivity index (χ0n) is 11.2. The lowest BCUT2D eigenvalue weighted by molar-refractivity contribution is 0.566. The lowest BCUT2D eigenvalue weighted by atomic mass is 10.1. The molecule has 0 spiro atoms. The molecule has 0 aliphatic rings. The molecule has 3 N–H and O–H groups in total. The monoisotopic (exact) mass is 388 g/mol. The highest BCUT2D eigenvalue weighted by molar-refractivity contribution is 9.10. The average molecular weight is 390 g/mol. The van der Waals surface area contributed by atoms with Crippen molar-refractivity contribution in [2.75, 3.05) is 5.73 Å². The second kappa shape index (κ2) is 6.36. The van der Waals surface area contributed by atoms with E-state index in [9.17, 15) is 8.42 Å². The van der Waals surface area contributed by atoms with Crippen LogP contribution in [0.1, 0.15) is 18.5 Å². The lowest BCUT2D eigenvalue weighted by Crippen LogP contribution is -2.27. The number of nitrogens with two attached hydrogens (primary N) is 1. The van der Waals surface area contributed by atoms with Crippen LogP contribution in [0.15, 0.2) is 51.8 Å². The quantitative estimate of drug-likeness (QED) is 0.783. The Balaban J connectivity index is 2.35. The standard InChI is InChI=1S/C14H14BrClN2O2S/c1-9(10-5-3-2-4-6-10)18-21(19,20)13-8-11(16)7-12(17)14(13)15/h2-9,18H,17H2,1H3/t9-/m1/s1. The Morgan fingerprint density at radius 2 is 1.86 bits per heavy atom. The number of anilines is 1. The Bertz CT molecular complexity index is 751. The van der Waals surface area contributed by atoms with Crippen LogP contribution >= 0.6 is 27.5 Å². The van der Waals surface area contributed by atoms with Gasteiger partial charge in [-0.2, -0.15) is 0 Å². The summed E-state index contributed by atoms with van der Waals surface area (Å²) in [5, 5.41) is 0.267. The van der Waals surface area contributed by atoms with E-state index in [0.29, 0.717) is 4.47 Å². The Kier molecular flexibility index (Phi) is 4.93. The van der Waals surface area contributed by atoms with Gasteiger partial charge in [0.25, 0.3) is 0 Å². The van der Waals surface area contributed by atoms with Crippen molar-refractivity contribution < 1.29 is 8.42 Å². The molecule has 0 radical (unpaired) electrons.